The molecule has 1 aliphatic rings. The molecule has 0 bridgehead atoms. The Balaban J connectivity index is 1.75. The zero-order valence-electron chi connectivity index (χ0n) is 12.6. The minimum absolute atomic E-state index is 0.00196. The Morgan fingerprint density at radius 3 is 2.19 bits per heavy atom. The second-order valence-corrected chi connectivity index (χ2v) is 5.75. The Bertz CT molecular complexity index is 493. The number of hydrogen-bond acceptors (Lipinski definition) is 3. The molecule has 0 heterocycles. The number of rotatable bonds is 7. The molecule has 0 spiro atoms. The summed E-state index contributed by atoms with van der Waals surface area (Å²) in [5, 5.41) is 8.97. The van der Waals surface area contributed by atoms with E-state index in [1.54, 1.807) is 24.3 Å². The van der Waals surface area contributed by atoms with Crippen LogP contribution in [0.15, 0.2) is 24.3 Å². The van der Waals surface area contributed by atoms with Crippen LogP contribution in [0.4, 0.5) is 11.4 Å². The van der Waals surface area contributed by atoms with Crippen LogP contribution >= 0.6 is 0 Å². The van der Waals surface area contributed by atoms with Crippen molar-refractivity contribution in [1.29, 1.82) is 0 Å². The number of benzene rings is 1. The Hall–Kier alpha value is -1.88. The van der Waals surface area contributed by atoms with Crippen LogP contribution in [0.5, 0.6) is 0 Å². The molecule has 0 radical (unpaired) electrons. The van der Waals surface area contributed by atoms with E-state index < -0.39 is 0 Å². The van der Waals surface area contributed by atoms with Gasteiger partial charge in [0.2, 0.25) is 11.8 Å². The third-order valence-corrected chi connectivity index (χ3v) is 3.32. The minimum atomic E-state index is -0.0525. The molecule has 2 amide bonds. The van der Waals surface area contributed by atoms with Crippen LogP contribution in [0.25, 0.3) is 0 Å². The predicted octanol–water partition coefficient (Wildman–Crippen LogP) is 2.36. The van der Waals surface area contributed by atoms with Crippen LogP contribution in [0.2, 0.25) is 0 Å². The first-order valence-corrected chi connectivity index (χ1v) is 7.49. The zero-order chi connectivity index (χ0) is 15.2. The highest BCUT2D eigenvalue weighted by molar-refractivity contribution is 5.93. The van der Waals surface area contributed by atoms with Crippen molar-refractivity contribution in [3.63, 3.8) is 0 Å². The molecule has 2 rings (SSSR count). The quantitative estimate of drug-likeness (QED) is 0.721. The van der Waals surface area contributed by atoms with Gasteiger partial charge in [-0.05, 0) is 37.1 Å². The average Bonchev–Trinajstić information content (AvgIpc) is 3.25. The number of anilines is 2. The van der Waals surface area contributed by atoms with E-state index in [0.717, 1.165) is 17.9 Å². The van der Waals surface area contributed by atoms with Gasteiger partial charge in [-0.15, -0.1) is 0 Å². The molecular formula is C16H23N3O2. The molecule has 0 aliphatic heterocycles. The molecule has 1 aromatic carbocycles. The number of nitrogens with one attached hydrogen (secondary N) is 3. The van der Waals surface area contributed by atoms with Gasteiger partial charge in [0.1, 0.15) is 0 Å². The Kier molecular flexibility index (Phi) is 5.33. The predicted molar refractivity (Wildman–Crippen MR) is 84.2 cm³/mol. The maximum absolute atomic E-state index is 11.7. The highest BCUT2D eigenvalue weighted by Crippen LogP contribution is 2.18. The molecule has 0 saturated heterocycles. The Morgan fingerprint density at radius 1 is 1.10 bits per heavy atom. The van der Waals surface area contributed by atoms with Crippen LogP contribution < -0.4 is 16.0 Å². The van der Waals surface area contributed by atoms with E-state index in [2.05, 4.69) is 16.0 Å². The molecule has 5 heteroatoms. The SMILES string of the molecule is CC(C)C(=O)Nc1ccc(NC(=O)CCNC2CC2)cc1. The van der Waals surface area contributed by atoms with Gasteiger partial charge in [0.25, 0.3) is 0 Å². The zero-order valence-corrected chi connectivity index (χ0v) is 12.6. The van der Waals surface area contributed by atoms with Crippen LogP contribution in [0, 0.1) is 5.92 Å². The summed E-state index contributed by atoms with van der Waals surface area (Å²) in [7, 11) is 0. The minimum Gasteiger partial charge on any atom is -0.326 e. The van der Waals surface area contributed by atoms with Crippen molar-refractivity contribution in [2.24, 2.45) is 5.92 Å². The van der Waals surface area contributed by atoms with Gasteiger partial charge < -0.3 is 16.0 Å². The smallest absolute Gasteiger partial charge is 0.226 e. The van der Waals surface area contributed by atoms with Crippen LogP contribution in [-0.2, 0) is 9.59 Å². The summed E-state index contributed by atoms with van der Waals surface area (Å²) in [6, 6.07) is 7.79. The van der Waals surface area contributed by atoms with Gasteiger partial charge in [0.15, 0.2) is 0 Å². The fourth-order valence-electron chi connectivity index (χ4n) is 1.82. The molecule has 1 fully saturated rings. The molecule has 21 heavy (non-hydrogen) atoms. The maximum Gasteiger partial charge on any atom is 0.226 e. The number of carbonyl (C=O) groups is 2. The highest BCUT2D eigenvalue weighted by atomic mass is 16.2. The summed E-state index contributed by atoms with van der Waals surface area (Å²) >= 11 is 0. The second kappa shape index (κ2) is 7.22. The van der Waals surface area contributed by atoms with Crippen LogP contribution in [-0.4, -0.2) is 24.4 Å². The van der Waals surface area contributed by atoms with Crippen molar-refractivity contribution < 1.29 is 9.59 Å². The first kappa shape index (κ1) is 15.5. The van der Waals surface area contributed by atoms with Crippen LogP contribution in [0.1, 0.15) is 33.1 Å². The molecule has 0 aromatic heterocycles. The van der Waals surface area contributed by atoms with Gasteiger partial charge in [-0.25, -0.2) is 0 Å². The van der Waals surface area contributed by atoms with E-state index in [1.165, 1.54) is 12.8 Å². The molecule has 1 saturated carbocycles. The largest absolute Gasteiger partial charge is 0.326 e. The second-order valence-electron chi connectivity index (χ2n) is 5.75. The number of hydrogen-bond donors (Lipinski definition) is 3. The normalized spacial score (nSPS) is 14.0. The highest BCUT2D eigenvalue weighted by Gasteiger charge is 2.20. The van der Waals surface area contributed by atoms with E-state index in [1.807, 2.05) is 13.8 Å². The first-order valence-electron chi connectivity index (χ1n) is 7.49. The topological polar surface area (TPSA) is 70.2 Å². The lowest BCUT2D eigenvalue weighted by atomic mass is 10.2. The summed E-state index contributed by atoms with van der Waals surface area (Å²) < 4.78 is 0. The lowest BCUT2D eigenvalue weighted by Crippen LogP contribution is -2.23. The van der Waals surface area contributed by atoms with Gasteiger partial charge in [0.05, 0.1) is 0 Å². The summed E-state index contributed by atoms with van der Waals surface area (Å²) in [6.07, 6.45) is 2.93. The number of carbonyl (C=O) groups excluding carboxylic acids is 2. The van der Waals surface area contributed by atoms with Gasteiger partial charge in [-0.1, -0.05) is 13.8 Å². The van der Waals surface area contributed by atoms with Gasteiger partial charge in [-0.2, -0.15) is 0 Å². The average molecular weight is 289 g/mol. The third-order valence-electron chi connectivity index (χ3n) is 3.32. The first-order chi connectivity index (χ1) is 10.0. The van der Waals surface area contributed by atoms with Crippen molar-refractivity contribution in [1.82, 2.24) is 5.32 Å². The lowest BCUT2D eigenvalue weighted by molar-refractivity contribution is -0.119. The summed E-state index contributed by atoms with van der Waals surface area (Å²) in [4.78, 5) is 23.3. The van der Waals surface area contributed by atoms with Crippen molar-refractivity contribution in [3.05, 3.63) is 24.3 Å². The van der Waals surface area contributed by atoms with Gasteiger partial charge in [0, 0.05) is 36.3 Å². The van der Waals surface area contributed by atoms with Crippen molar-refractivity contribution in [2.45, 2.75) is 39.2 Å². The molecule has 114 valence electrons. The molecule has 1 aliphatic carbocycles. The lowest BCUT2D eigenvalue weighted by Gasteiger charge is -2.09. The maximum atomic E-state index is 11.7. The van der Waals surface area contributed by atoms with Crippen LogP contribution in [0.3, 0.4) is 0 Å². The number of amides is 2. The molecule has 5 nitrogen and oxygen atoms in total. The monoisotopic (exact) mass is 289 g/mol. The Labute approximate surface area is 125 Å². The van der Waals surface area contributed by atoms with E-state index in [0.29, 0.717) is 12.5 Å². The molecule has 0 unspecified atom stereocenters. The van der Waals surface area contributed by atoms with E-state index >= 15 is 0 Å². The van der Waals surface area contributed by atoms with Gasteiger partial charge in [-0.3, -0.25) is 9.59 Å². The Morgan fingerprint density at radius 2 is 1.67 bits per heavy atom. The van der Waals surface area contributed by atoms with Crippen molar-refractivity contribution >= 4 is 23.2 Å². The molecule has 3 N–H and O–H groups in total. The molecule has 1 aromatic rings. The summed E-state index contributed by atoms with van der Waals surface area (Å²) in [6.45, 7) is 4.41. The van der Waals surface area contributed by atoms with E-state index in [4.69, 9.17) is 0 Å². The molecular weight excluding hydrogens is 266 g/mol. The van der Waals surface area contributed by atoms with E-state index in [9.17, 15) is 9.59 Å². The van der Waals surface area contributed by atoms with Gasteiger partial charge >= 0.3 is 0 Å². The standard InChI is InChI=1S/C16H23N3O2/c1-11(2)16(21)19-14-7-5-13(6-8-14)18-15(20)9-10-17-12-3-4-12/h5-8,11-12,17H,3-4,9-10H2,1-2H3,(H,18,20)(H,19,21). The fraction of sp³-hybridized carbons (Fsp3) is 0.500. The fourth-order valence-corrected chi connectivity index (χ4v) is 1.82. The molecule has 0 atom stereocenters. The summed E-state index contributed by atoms with van der Waals surface area (Å²) in [5.41, 5.74) is 1.48. The van der Waals surface area contributed by atoms with E-state index in [-0.39, 0.29) is 17.7 Å². The summed E-state index contributed by atoms with van der Waals surface area (Å²) in [5.74, 6) is -0.0663. The van der Waals surface area contributed by atoms with Crippen molar-refractivity contribution in [3.8, 4) is 0 Å². The van der Waals surface area contributed by atoms with Crippen molar-refractivity contribution in [2.75, 3.05) is 17.2 Å². The third kappa shape index (κ3) is 5.55.